The summed E-state index contributed by atoms with van der Waals surface area (Å²) in [5.74, 6) is 0.991. The van der Waals surface area contributed by atoms with E-state index in [1.165, 1.54) is 5.69 Å². The molecule has 0 unspecified atom stereocenters. The highest BCUT2D eigenvalue weighted by Gasteiger charge is 2.18. The van der Waals surface area contributed by atoms with Crippen LogP contribution in [0, 0.1) is 0 Å². The lowest BCUT2D eigenvalue weighted by molar-refractivity contribution is 0.343. The van der Waals surface area contributed by atoms with Gasteiger partial charge in [-0.3, -0.25) is 5.32 Å². The maximum Gasteiger partial charge on any atom is 0.162 e. The Morgan fingerprint density at radius 1 is 1.43 bits per heavy atom. The second-order valence-electron chi connectivity index (χ2n) is 3.44. The minimum absolute atomic E-state index is 0.663. The molecule has 1 aromatic rings. The molecule has 3 nitrogen and oxygen atoms in total. The number of nitrogens with one attached hydrogen (secondary N) is 1. The molecule has 0 radical (unpaired) electrons. The van der Waals surface area contributed by atoms with E-state index in [0.29, 0.717) is 6.73 Å². The second kappa shape index (κ2) is 4.33. The minimum Gasteiger partial charge on any atom is -0.471 e. The molecule has 0 aromatic heterocycles. The fraction of sp³-hybridized carbons (Fsp3) is 0.455. The normalized spacial score (nSPS) is 13.9. The van der Waals surface area contributed by atoms with Crippen LogP contribution in [0.1, 0.15) is 13.3 Å². The molecule has 1 heterocycles. The first kappa shape index (κ1) is 9.34. The van der Waals surface area contributed by atoms with E-state index in [1.54, 1.807) is 0 Å². The van der Waals surface area contributed by atoms with Crippen LogP contribution < -0.4 is 15.0 Å². The van der Waals surface area contributed by atoms with Gasteiger partial charge in [0.1, 0.15) is 5.75 Å². The van der Waals surface area contributed by atoms with Crippen molar-refractivity contribution in [1.82, 2.24) is 5.32 Å². The van der Waals surface area contributed by atoms with Gasteiger partial charge in [0.2, 0.25) is 0 Å². The van der Waals surface area contributed by atoms with Crippen molar-refractivity contribution in [1.29, 1.82) is 0 Å². The Bertz CT molecular complexity index is 301. The third-order valence-electron chi connectivity index (χ3n) is 2.31. The van der Waals surface area contributed by atoms with Gasteiger partial charge in [-0.25, -0.2) is 0 Å². The molecular weight excluding hydrogens is 176 g/mol. The molecule has 0 bridgehead atoms. The predicted molar refractivity (Wildman–Crippen MR) is 57.6 cm³/mol. The summed E-state index contributed by atoms with van der Waals surface area (Å²) in [7, 11) is 0. The standard InChI is InChI=1S/C11H16N2O/c1-2-7-12-8-13-9-14-11-6-4-3-5-10(11)13/h3-6,12H,2,7-9H2,1H3. The van der Waals surface area contributed by atoms with Crippen molar-refractivity contribution in [2.75, 3.05) is 24.8 Å². The average molecular weight is 192 g/mol. The molecule has 0 aliphatic carbocycles. The Morgan fingerprint density at radius 3 is 3.14 bits per heavy atom. The van der Waals surface area contributed by atoms with Gasteiger partial charge in [0.25, 0.3) is 0 Å². The number of nitrogens with zero attached hydrogens (tertiary/aromatic N) is 1. The van der Waals surface area contributed by atoms with Crippen LogP contribution in [-0.2, 0) is 0 Å². The van der Waals surface area contributed by atoms with Gasteiger partial charge in [0, 0.05) is 0 Å². The van der Waals surface area contributed by atoms with Crippen molar-refractivity contribution in [3.8, 4) is 5.75 Å². The lowest BCUT2D eigenvalue weighted by atomic mass is 10.3. The summed E-state index contributed by atoms with van der Waals surface area (Å²) in [4.78, 5) is 2.20. The quantitative estimate of drug-likeness (QED) is 0.736. The van der Waals surface area contributed by atoms with Crippen LogP contribution in [-0.4, -0.2) is 19.9 Å². The summed E-state index contributed by atoms with van der Waals surface area (Å²) in [5.41, 5.74) is 1.19. The van der Waals surface area contributed by atoms with E-state index < -0.39 is 0 Å². The van der Waals surface area contributed by atoms with E-state index in [0.717, 1.165) is 25.4 Å². The van der Waals surface area contributed by atoms with Gasteiger partial charge in [-0.2, -0.15) is 0 Å². The van der Waals surface area contributed by atoms with Crippen LogP contribution in [0.2, 0.25) is 0 Å². The monoisotopic (exact) mass is 192 g/mol. The third-order valence-corrected chi connectivity index (χ3v) is 2.31. The van der Waals surface area contributed by atoms with Gasteiger partial charge < -0.3 is 9.64 Å². The predicted octanol–water partition coefficient (Wildman–Crippen LogP) is 1.80. The molecule has 0 atom stereocenters. The van der Waals surface area contributed by atoms with Crippen LogP contribution in [0.15, 0.2) is 24.3 Å². The van der Waals surface area contributed by atoms with Crippen molar-refractivity contribution in [2.24, 2.45) is 0 Å². The average Bonchev–Trinajstić information content (AvgIpc) is 2.63. The molecule has 1 aliphatic heterocycles. The molecule has 0 spiro atoms. The number of rotatable bonds is 4. The van der Waals surface area contributed by atoms with Gasteiger partial charge in [0.05, 0.1) is 12.4 Å². The molecule has 0 amide bonds. The molecule has 1 aliphatic rings. The zero-order valence-electron chi connectivity index (χ0n) is 8.49. The van der Waals surface area contributed by atoms with Gasteiger partial charge in [-0.15, -0.1) is 0 Å². The highest BCUT2D eigenvalue weighted by atomic mass is 16.5. The van der Waals surface area contributed by atoms with Crippen molar-refractivity contribution < 1.29 is 4.74 Å². The first-order valence-electron chi connectivity index (χ1n) is 5.09. The number of fused-ring (bicyclic) bond motifs is 1. The first-order chi connectivity index (χ1) is 6.92. The molecule has 76 valence electrons. The van der Waals surface area contributed by atoms with Crippen molar-refractivity contribution in [3.05, 3.63) is 24.3 Å². The third kappa shape index (κ3) is 1.82. The van der Waals surface area contributed by atoms with Crippen LogP contribution in [0.3, 0.4) is 0 Å². The van der Waals surface area contributed by atoms with Gasteiger partial charge in [0.15, 0.2) is 6.73 Å². The smallest absolute Gasteiger partial charge is 0.162 e. The van der Waals surface area contributed by atoms with E-state index in [1.807, 2.05) is 18.2 Å². The topological polar surface area (TPSA) is 24.5 Å². The Balaban J connectivity index is 1.96. The van der Waals surface area contributed by atoms with Crippen LogP contribution in [0.4, 0.5) is 5.69 Å². The van der Waals surface area contributed by atoms with E-state index in [-0.39, 0.29) is 0 Å². The number of anilines is 1. The SMILES string of the molecule is CCCNCN1COc2ccccc21. The Morgan fingerprint density at radius 2 is 2.29 bits per heavy atom. The van der Waals surface area contributed by atoms with Crippen molar-refractivity contribution in [3.63, 3.8) is 0 Å². The van der Waals surface area contributed by atoms with E-state index in [2.05, 4.69) is 23.2 Å². The maximum absolute atomic E-state index is 5.53. The molecule has 0 fully saturated rings. The van der Waals surface area contributed by atoms with E-state index in [9.17, 15) is 0 Å². The molecule has 14 heavy (non-hydrogen) atoms. The van der Waals surface area contributed by atoms with E-state index in [4.69, 9.17) is 4.74 Å². The summed E-state index contributed by atoms with van der Waals surface area (Å²) in [6, 6.07) is 8.15. The molecule has 1 N–H and O–H groups in total. The number of hydrogen-bond acceptors (Lipinski definition) is 3. The summed E-state index contributed by atoms with van der Waals surface area (Å²) in [6.45, 7) is 4.75. The molecule has 3 heteroatoms. The fourth-order valence-electron chi connectivity index (χ4n) is 1.58. The van der Waals surface area contributed by atoms with Crippen LogP contribution in [0.25, 0.3) is 0 Å². The number of para-hydroxylation sites is 2. The Labute approximate surface area is 84.7 Å². The Hall–Kier alpha value is -1.22. The molecule has 0 saturated carbocycles. The summed E-state index contributed by atoms with van der Waals surface area (Å²) in [5, 5.41) is 3.36. The first-order valence-corrected chi connectivity index (χ1v) is 5.09. The van der Waals surface area contributed by atoms with Crippen LogP contribution >= 0.6 is 0 Å². The van der Waals surface area contributed by atoms with E-state index >= 15 is 0 Å². The minimum atomic E-state index is 0.663. The van der Waals surface area contributed by atoms with Gasteiger partial charge in [-0.05, 0) is 25.1 Å². The highest BCUT2D eigenvalue weighted by molar-refractivity contribution is 5.60. The van der Waals surface area contributed by atoms with Gasteiger partial charge >= 0.3 is 0 Å². The maximum atomic E-state index is 5.53. The molecular formula is C11H16N2O. The zero-order chi connectivity index (χ0) is 9.80. The highest BCUT2D eigenvalue weighted by Crippen LogP contribution is 2.32. The second-order valence-corrected chi connectivity index (χ2v) is 3.44. The van der Waals surface area contributed by atoms with Crippen molar-refractivity contribution in [2.45, 2.75) is 13.3 Å². The van der Waals surface area contributed by atoms with Gasteiger partial charge in [-0.1, -0.05) is 19.1 Å². The molecule has 1 aromatic carbocycles. The zero-order valence-corrected chi connectivity index (χ0v) is 8.49. The number of hydrogen-bond donors (Lipinski definition) is 1. The summed E-state index contributed by atoms with van der Waals surface area (Å²) < 4.78 is 5.53. The fourth-order valence-corrected chi connectivity index (χ4v) is 1.58. The summed E-state index contributed by atoms with van der Waals surface area (Å²) >= 11 is 0. The largest absolute Gasteiger partial charge is 0.471 e. The number of ether oxygens (including phenoxy) is 1. The molecule has 2 rings (SSSR count). The lowest BCUT2D eigenvalue weighted by Crippen LogP contribution is -2.33. The summed E-state index contributed by atoms with van der Waals surface area (Å²) in [6.07, 6.45) is 1.16. The molecule has 0 saturated heterocycles. The Kier molecular flexibility index (Phi) is 2.89. The van der Waals surface area contributed by atoms with Crippen LogP contribution in [0.5, 0.6) is 5.75 Å². The lowest BCUT2D eigenvalue weighted by Gasteiger charge is -2.16. The number of benzene rings is 1. The van der Waals surface area contributed by atoms with Crippen molar-refractivity contribution >= 4 is 5.69 Å².